The Kier molecular flexibility index (Phi) is 6.01. The lowest BCUT2D eigenvalue weighted by Gasteiger charge is -2.14. The Labute approximate surface area is 103 Å². The minimum Gasteiger partial charge on any atom is -0.491 e. The molecule has 0 amide bonds. The Morgan fingerprint density at radius 3 is 2.29 bits per heavy atom. The van der Waals surface area contributed by atoms with Crippen LogP contribution in [0.3, 0.4) is 0 Å². The predicted molar refractivity (Wildman–Crippen MR) is 68.4 cm³/mol. The molecule has 3 nitrogen and oxygen atoms in total. The van der Waals surface area contributed by atoms with Crippen LogP contribution in [0.4, 0.5) is 0 Å². The minimum absolute atomic E-state index is 0.133. The molecule has 1 N–H and O–H groups in total. The van der Waals surface area contributed by atoms with E-state index in [-0.39, 0.29) is 12.7 Å². The summed E-state index contributed by atoms with van der Waals surface area (Å²) in [5.41, 5.74) is 1.28. The fourth-order valence-corrected chi connectivity index (χ4v) is 1.37. The first-order valence-electron chi connectivity index (χ1n) is 6.13. The van der Waals surface area contributed by atoms with Gasteiger partial charge in [-0.05, 0) is 38.0 Å². The molecule has 0 aliphatic rings. The summed E-state index contributed by atoms with van der Waals surface area (Å²) >= 11 is 0. The lowest BCUT2D eigenvalue weighted by Crippen LogP contribution is -2.25. The van der Waals surface area contributed by atoms with Gasteiger partial charge >= 0.3 is 0 Å². The van der Waals surface area contributed by atoms with Crippen LogP contribution in [0.1, 0.15) is 26.3 Å². The van der Waals surface area contributed by atoms with Crippen LogP contribution >= 0.6 is 0 Å². The number of benzene rings is 1. The summed E-state index contributed by atoms with van der Waals surface area (Å²) in [6, 6.07) is 7.92. The van der Waals surface area contributed by atoms with Crippen LogP contribution in [0.5, 0.6) is 5.75 Å². The predicted octanol–water partition coefficient (Wildman–Crippen LogP) is 2.41. The van der Waals surface area contributed by atoms with Gasteiger partial charge in [-0.15, -0.1) is 0 Å². The second-order valence-electron chi connectivity index (χ2n) is 4.34. The van der Waals surface area contributed by atoms with Gasteiger partial charge in [-0.3, -0.25) is 0 Å². The van der Waals surface area contributed by atoms with E-state index < -0.39 is 6.10 Å². The van der Waals surface area contributed by atoms with E-state index in [1.165, 1.54) is 5.56 Å². The van der Waals surface area contributed by atoms with Crippen LogP contribution < -0.4 is 4.74 Å². The second-order valence-corrected chi connectivity index (χ2v) is 4.34. The first-order valence-corrected chi connectivity index (χ1v) is 6.13. The highest BCUT2D eigenvalue weighted by Gasteiger charge is 2.06. The molecule has 1 unspecified atom stereocenters. The molecule has 1 aromatic rings. The maximum atomic E-state index is 9.61. The molecule has 0 heterocycles. The molecule has 1 aromatic carbocycles. The van der Waals surface area contributed by atoms with Crippen LogP contribution in [0, 0.1) is 0 Å². The highest BCUT2D eigenvalue weighted by molar-refractivity contribution is 5.27. The molecule has 1 atom stereocenters. The topological polar surface area (TPSA) is 38.7 Å². The zero-order chi connectivity index (χ0) is 12.7. The SMILES string of the molecule is CCc1ccc(OCC(O)COC(C)C)cc1. The van der Waals surface area contributed by atoms with Crippen LogP contribution in [0.2, 0.25) is 0 Å². The van der Waals surface area contributed by atoms with Gasteiger partial charge in [-0.2, -0.15) is 0 Å². The number of hydrogen-bond donors (Lipinski definition) is 1. The van der Waals surface area contributed by atoms with Gasteiger partial charge in [0.2, 0.25) is 0 Å². The largest absolute Gasteiger partial charge is 0.491 e. The van der Waals surface area contributed by atoms with Crippen molar-refractivity contribution >= 4 is 0 Å². The number of aryl methyl sites for hydroxylation is 1. The molecule has 0 spiro atoms. The van der Waals surface area contributed by atoms with Crippen LogP contribution in [-0.4, -0.2) is 30.5 Å². The lowest BCUT2D eigenvalue weighted by molar-refractivity contribution is -0.0122. The van der Waals surface area contributed by atoms with Crippen molar-refractivity contribution in [2.75, 3.05) is 13.2 Å². The van der Waals surface area contributed by atoms with E-state index in [1.54, 1.807) is 0 Å². The summed E-state index contributed by atoms with van der Waals surface area (Å²) < 4.78 is 10.8. The average molecular weight is 238 g/mol. The van der Waals surface area contributed by atoms with Gasteiger partial charge in [-0.25, -0.2) is 0 Å². The average Bonchev–Trinajstić information content (AvgIpc) is 2.34. The highest BCUT2D eigenvalue weighted by Crippen LogP contribution is 2.12. The Balaban J connectivity index is 2.29. The molecule has 0 aliphatic carbocycles. The zero-order valence-electron chi connectivity index (χ0n) is 10.8. The molecule has 3 heteroatoms. The molecule has 1 rings (SSSR count). The summed E-state index contributed by atoms with van der Waals surface area (Å²) in [4.78, 5) is 0. The molecular weight excluding hydrogens is 216 g/mol. The molecule has 17 heavy (non-hydrogen) atoms. The zero-order valence-corrected chi connectivity index (χ0v) is 10.8. The summed E-state index contributed by atoms with van der Waals surface area (Å²) in [6.07, 6.45) is 0.572. The van der Waals surface area contributed by atoms with E-state index in [2.05, 4.69) is 6.92 Å². The Hall–Kier alpha value is -1.06. The molecule has 0 bridgehead atoms. The third kappa shape index (κ3) is 5.71. The normalized spacial score (nSPS) is 12.8. The van der Waals surface area contributed by atoms with Crippen molar-refractivity contribution in [3.8, 4) is 5.75 Å². The summed E-state index contributed by atoms with van der Waals surface area (Å²) in [6.45, 7) is 6.57. The number of aliphatic hydroxyl groups is 1. The third-order valence-corrected chi connectivity index (χ3v) is 2.40. The van der Waals surface area contributed by atoms with E-state index in [0.29, 0.717) is 6.61 Å². The standard InChI is InChI=1S/C14H22O3/c1-4-12-5-7-14(8-6-12)17-10-13(15)9-16-11(2)3/h5-8,11,13,15H,4,9-10H2,1-3H3. The smallest absolute Gasteiger partial charge is 0.119 e. The molecule has 0 saturated heterocycles. The van der Waals surface area contributed by atoms with E-state index in [4.69, 9.17) is 9.47 Å². The van der Waals surface area contributed by atoms with Gasteiger partial charge in [0.1, 0.15) is 18.5 Å². The Bertz CT molecular complexity index is 306. The molecular formula is C14H22O3. The molecule has 96 valence electrons. The number of ether oxygens (including phenoxy) is 2. The van der Waals surface area contributed by atoms with E-state index in [1.807, 2.05) is 38.1 Å². The first kappa shape index (κ1) is 14.0. The first-order chi connectivity index (χ1) is 8.11. The van der Waals surface area contributed by atoms with Crippen LogP contribution in [0.15, 0.2) is 24.3 Å². The van der Waals surface area contributed by atoms with Gasteiger partial charge in [0.25, 0.3) is 0 Å². The second kappa shape index (κ2) is 7.30. The van der Waals surface area contributed by atoms with E-state index in [9.17, 15) is 5.11 Å². The Morgan fingerprint density at radius 1 is 1.12 bits per heavy atom. The van der Waals surface area contributed by atoms with Gasteiger partial charge in [0, 0.05) is 0 Å². The van der Waals surface area contributed by atoms with Gasteiger partial charge in [-0.1, -0.05) is 19.1 Å². The number of aliphatic hydroxyl groups excluding tert-OH is 1. The van der Waals surface area contributed by atoms with Crippen molar-refractivity contribution in [2.45, 2.75) is 39.4 Å². The Morgan fingerprint density at radius 2 is 1.76 bits per heavy atom. The summed E-state index contributed by atoms with van der Waals surface area (Å²) in [5.74, 6) is 0.783. The molecule has 0 saturated carbocycles. The maximum absolute atomic E-state index is 9.61. The van der Waals surface area contributed by atoms with Crippen molar-refractivity contribution in [3.05, 3.63) is 29.8 Å². The fraction of sp³-hybridized carbons (Fsp3) is 0.571. The third-order valence-electron chi connectivity index (χ3n) is 2.40. The van der Waals surface area contributed by atoms with Crippen molar-refractivity contribution in [2.24, 2.45) is 0 Å². The lowest BCUT2D eigenvalue weighted by atomic mass is 10.2. The molecule has 0 aromatic heterocycles. The quantitative estimate of drug-likeness (QED) is 0.793. The molecule has 0 aliphatic heterocycles. The number of rotatable bonds is 7. The molecule has 0 radical (unpaired) electrons. The summed E-state index contributed by atoms with van der Waals surface area (Å²) in [7, 11) is 0. The van der Waals surface area contributed by atoms with Gasteiger partial charge < -0.3 is 14.6 Å². The monoisotopic (exact) mass is 238 g/mol. The van der Waals surface area contributed by atoms with Crippen LogP contribution in [0.25, 0.3) is 0 Å². The van der Waals surface area contributed by atoms with Crippen molar-refractivity contribution in [1.82, 2.24) is 0 Å². The molecule has 0 fully saturated rings. The summed E-state index contributed by atoms with van der Waals surface area (Å²) in [5, 5.41) is 9.61. The van der Waals surface area contributed by atoms with Gasteiger partial charge in [0.05, 0.1) is 12.7 Å². The van der Waals surface area contributed by atoms with Crippen molar-refractivity contribution in [1.29, 1.82) is 0 Å². The van der Waals surface area contributed by atoms with E-state index >= 15 is 0 Å². The number of hydrogen-bond acceptors (Lipinski definition) is 3. The minimum atomic E-state index is -0.580. The highest BCUT2D eigenvalue weighted by atomic mass is 16.5. The van der Waals surface area contributed by atoms with Crippen LogP contribution in [-0.2, 0) is 11.2 Å². The fourth-order valence-electron chi connectivity index (χ4n) is 1.37. The van der Waals surface area contributed by atoms with E-state index in [0.717, 1.165) is 12.2 Å². The van der Waals surface area contributed by atoms with Crippen molar-refractivity contribution < 1.29 is 14.6 Å². The maximum Gasteiger partial charge on any atom is 0.119 e. The van der Waals surface area contributed by atoms with Crippen molar-refractivity contribution in [3.63, 3.8) is 0 Å². The van der Waals surface area contributed by atoms with Gasteiger partial charge in [0.15, 0.2) is 0 Å².